The molecule has 0 amide bonds. The number of nitrogens with zero attached hydrogens (tertiary/aromatic N) is 3. The zero-order valence-electron chi connectivity index (χ0n) is 11.1. The van der Waals surface area contributed by atoms with Gasteiger partial charge in [0, 0.05) is 24.5 Å². The number of thiazole rings is 1. The molecule has 0 aliphatic carbocycles. The van der Waals surface area contributed by atoms with Gasteiger partial charge in [0.2, 0.25) is 0 Å². The van der Waals surface area contributed by atoms with Gasteiger partial charge in [-0.15, -0.1) is 0 Å². The van der Waals surface area contributed by atoms with Gasteiger partial charge in [-0.2, -0.15) is 4.40 Å². The number of thioether (sulfide) groups is 1. The van der Waals surface area contributed by atoms with E-state index in [1.165, 1.54) is 10.4 Å². The molecule has 2 aliphatic heterocycles. The quantitative estimate of drug-likeness (QED) is 0.786. The fourth-order valence-electron chi connectivity index (χ4n) is 2.13. The SMILES string of the molecule is C1=CN2C=C/C(=C/C=C/c3cc[n+]4ccsc4c3)N=C2S1. The van der Waals surface area contributed by atoms with Crippen molar-refractivity contribution in [1.29, 1.82) is 0 Å². The van der Waals surface area contributed by atoms with Crippen LogP contribution in [0.1, 0.15) is 5.56 Å². The minimum atomic E-state index is 0.972. The third-order valence-electron chi connectivity index (χ3n) is 3.18. The number of hydrogen-bond donors (Lipinski definition) is 0. The predicted molar refractivity (Wildman–Crippen MR) is 89.7 cm³/mol. The summed E-state index contributed by atoms with van der Waals surface area (Å²) in [4.78, 5) is 7.84. The van der Waals surface area contributed by atoms with E-state index < -0.39 is 0 Å². The summed E-state index contributed by atoms with van der Waals surface area (Å²) in [6.45, 7) is 0. The van der Waals surface area contributed by atoms with Crippen LogP contribution in [-0.4, -0.2) is 10.1 Å². The molecule has 0 saturated heterocycles. The number of aromatic nitrogens is 1. The molecule has 0 bridgehead atoms. The van der Waals surface area contributed by atoms with E-state index in [9.17, 15) is 0 Å². The van der Waals surface area contributed by atoms with Gasteiger partial charge in [-0.25, -0.2) is 4.99 Å². The standard InChI is InChI=1S/C16H12N3S2/c1(2-13-4-6-18-8-10-20-15(18)12-13)3-14-5-7-19-9-11-21-16(19)17-14/h1-12H/q+1. The number of hydrogen-bond acceptors (Lipinski definition) is 4. The highest BCUT2D eigenvalue weighted by molar-refractivity contribution is 8.16. The number of amidine groups is 1. The van der Waals surface area contributed by atoms with E-state index >= 15 is 0 Å². The van der Waals surface area contributed by atoms with Gasteiger partial charge in [-0.1, -0.05) is 35.3 Å². The summed E-state index contributed by atoms with van der Waals surface area (Å²) >= 11 is 3.38. The Morgan fingerprint density at radius 2 is 2.24 bits per heavy atom. The minimum Gasteiger partial charge on any atom is -0.302 e. The molecule has 2 aromatic heterocycles. The van der Waals surface area contributed by atoms with Crippen molar-refractivity contribution in [2.24, 2.45) is 4.99 Å². The van der Waals surface area contributed by atoms with E-state index in [1.807, 2.05) is 40.9 Å². The van der Waals surface area contributed by atoms with Crippen molar-refractivity contribution in [1.82, 2.24) is 4.90 Å². The summed E-state index contributed by atoms with van der Waals surface area (Å²) in [5.74, 6) is 0. The molecule has 3 nitrogen and oxygen atoms in total. The lowest BCUT2D eigenvalue weighted by Gasteiger charge is -2.14. The molecule has 0 fully saturated rings. The second-order valence-electron chi connectivity index (χ2n) is 4.58. The first-order chi connectivity index (χ1) is 10.4. The molecular weight excluding hydrogens is 298 g/mol. The summed E-state index contributed by atoms with van der Waals surface area (Å²) in [5.41, 5.74) is 2.17. The van der Waals surface area contributed by atoms with Gasteiger partial charge >= 0.3 is 0 Å². The Kier molecular flexibility index (Phi) is 3.21. The molecule has 0 radical (unpaired) electrons. The molecule has 5 heteroatoms. The smallest absolute Gasteiger partial charge is 0.267 e. The van der Waals surface area contributed by atoms with Gasteiger partial charge in [0.05, 0.1) is 11.1 Å². The molecule has 2 aromatic rings. The van der Waals surface area contributed by atoms with Crippen molar-refractivity contribution in [3.05, 3.63) is 77.2 Å². The zero-order valence-corrected chi connectivity index (χ0v) is 12.7. The zero-order chi connectivity index (χ0) is 14.1. The Bertz CT molecular complexity index is 840. The number of aliphatic imine (C=N–C) groups is 1. The summed E-state index contributed by atoms with van der Waals surface area (Å²) in [6, 6.07) is 4.29. The molecule has 0 N–H and O–H groups in total. The lowest BCUT2D eigenvalue weighted by Crippen LogP contribution is -2.15. The lowest BCUT2D eigenvalue weighted by atomic mass is 10.2. The minimum absolute atomic E-state index is 0.972. The van der Waals surface area contributed by atoms with E-state index in [-0.39, 0.29) is 0 Å². The summed E-state index contributed by atoms with van der Waals surface area (Å²) < 4.78 is 2.12. The normalized spacial score (nSPS) is 19.0. The first kappa shape index (κ1) is 12.6. The maximum Gasteiger partial charge on any atom is 0.267 e. The van der Waals surface area contributed by atoms with Crippen LogP contribution in [0.3, 0.4) is 0 Å². The molecular formula is C16H12N3S2+. The van der Waals surface area contributed by atoms with Crippen LogP contribution in [0.5, 0.6) is 0 Å². The third-order valence-corrected chi connectivity index (χ3v) is 4.78. The second kappa shape index (κ2) is 5.35. The predicted octanol–water partition coefficient (Wildman–Crippen LogP) is 3.79. The van der Waals surface area contributed by atoms with Crippen LogP contribution in [0.15, 0.2) is 76.6 Å². The molecule has 102 valence electrons. The van der Waals surface area contributed by atoms with E-state index in [2.05, 4.69) is 45.4 Å². The Labute approximate surface area is 130 Å². The topological polar surface area (TPSA) is 19.7 Å². The van der Waals surface area contributed by atoms with Gasteiger partial charge < -0.3 is 4.90 Å². The third kappa shape index (κ3) is 2.57. The monoisotopic (exact) mass is 310 g/mol. The number of allylic oxidation sites excluding steroid dienone is 3. The van der Waals surface area contributed by atoms with Crippen molar-refractivity contribution >= 4 is 39.2 Å². The van der Waals surface area contributed by atoms with Crippen molar-refractivity contribution < 1.29 is 4.40 Å². The average Bonchev–Trinajstić information content (AvgIpc) is 3.14. The van der Waals surface area contributed by atoms with E-state index in [1.54, 1.807) is 23.1 Å². The van der Waals surface area contributed by atoms with Crippen molar-refractivity contribution in [2.75, 3.05) is 0 Å². The molecule has 21 heavy (non-hydrogen) atoms. The van der Waals surface area contributed by atoms with Crippen molar-refractivity contribution in [3.63, 3.8) is 0 Å². The maximum absolute atomic E-state index is 4.58. The van der Waals surface area contributed by atoms with Gasteiger partial charge in [0.15, 0.2) is 17.6 Å². The van der Waals surface area contributed by atoms with Crippen LogP contribution in [0.4, 0.5) is 0 Å². The Hall–Kier alpha value is -2.11. The largest absolute Gasteiger partial charge is 0.302 e. The van der Waals surface area contributed by atoms with E-state index in [0.717, 1.165) is 10.9 Å². The molecule has 4 rings (SSSR count). The van der Waals surface area contributed by atoms with Crippen LogP contribution >= 0.6 is 23.1 Å². The first-order valence-corrected chi connectivity index (χ1v) is 8.30. The lowest BCUT2D eigenvalue weighted by molar-refractivity contribution is -0.507. The highest BCUT2D eigenvalue weighted by Gasteiger charge is 2.14. The molecule has 4 heterocycles. The summed E-state index contributed by atoms with van der Waals surface area (Å²) in [6.07, 6.45) is 16.4. The number of fused-ring (bicyclic) bond motifs is 2. The summed E-state index contributed by atoms with van der Waals surface area (Å²) in [5, 5.41) is 5.14. The van der Waals surface area contributed by atoms with Crippen LogP contribution in [0.2, 0.25) is 0 Å². The van der Waals surface area contributed by atoms with Gasteiger partial charge in [-0.05, 0) is 23.1 Å². The fraction of sp³-hybridized carbons (Fsp3) is 0. The molecule has 0 atom stereocenters. The van der Waals surface area contributed by atoms with Gasteiger partial charge in [0.1, 0.15) is 0 Å². The van der Waals surface area contributed by atoms with Crippen LogP contribution in [0, 0.1) is 0 Å². The summed E-state index contributed by atoms with van der Waals surface area (Å²) in [7, 11) is 0. The average molecular weight is 310 g/mol. The van der Waals surface area contributed by atoms with Gasteiger partial charge in [-0.3, -0.25) is 0 Å². The highest BCUT2D eigenvalue weighted by Crippen LogP contribution is 2.25. The van der Waals surface area contributed by atoms with Crippen molar-refractivity contribution in [2.45, 2.75) is 0 Å². The second-order valence-corrected chi connectivity index (χ2v) is 6.38. The molecule has 0 saturated carbocycles. The number of pyridine rings is 1. The van der Waals surface area contributed by atoms with E-state index in [4.69, 9.17) is 0 Å². The maximum atomic E-state index is 4.58. The Balaban J connectivity index is 1.54. The Morgan fingerprint density at radius 1 is 1.24 bits per heavy atom. The van der Waals surface area contributed by atoms with Crippen molar-refractivity contribution in [3.8, 4) is 0 Å². The van der Waals surface area contributed by atoms with Crippen LogP contribution in [-0.2, 0) is 0 Å². The highest BCUT2D eigenvalue weighted by atomic mass is 32.2. The molecule has 0 unspecified atom stereocenters. The Morgan fingerprint density at radius 3 is 3.24 bits per heavy atom. The van der Waals surface area contributed by atoms with Gasteiger partial charge in [0.25, 0.3) is 4.83 Å². The molecule has 0 spiro atoms. The molecule has 2 aliphatic rings. The first-order valence-electron chi connectivity index (χ1n) is 6.54. The van der Waals surface area contributed by atoms with Crippen LogP contribution < -0.4 is 4.40 Å². The van der Waals surface area contributed by atoms with E-state index in [0.29, 0.717) is 0 Å². The number of rotatable bonds is 2. The molecule has 0 aromatic carbocycles. The fourth-order valence-corrected chi connectivity index (χ4v) is 3.62. The van der Waals surface area contributed by atoms with Crippen LogP contribution in [0.25, 0.3) is 10.9 Å².